The molecule has 0 saturated carbocycles. The summed E-state index contributed by atoms with van der Waals surface area (Å²) in [7, 11) is 0. The first-order valence-electron chi connectivity index (χ1n) is 5.53. The zero-order valence-corrected chi connectivity index (χ0v) is 8.79. The van der Waals surface area contributed by atoms with Gasteiger partial charge in [0, 0.05) is 12.6 Å². The normalized spacial score (nSPS) is 27.7. The molecule has 0 spiro atoms. The molecule has 2 aliphatic heterocycles. The molecule has 0 radical (unpaired) electrons. The quantitative estimate of drug-likeness (QED) is 0.621. The average molecular weight is 211 g/mol. The van der Waals surface area contributed by atoms with E-state index in [9.17, 15) is 9.59 Å². The van der Waals surface area contributed by atoms with Gasteiger partial charge in [0.1, 0.15) is 0 Å². The molecule has 0 bridgehead atoms. The minimum absolute atomic E-state index is 0.0296. The number of nitrogens with zero attached hydrogens (tertiary/aromatic N) is 1. The van der Waals surface area contributed by atoms with Crippen molar-refractivity contribution in [3.63, 3.8) is 0 Å². The lowest BCUT2D eigenvalue weighted by Gasteiger charge is -2.32. The van der Waals surface area contributed by atoms with Gasteiger partial charge in [0.25, 0.3) is 0 Å². The van der Waals surface area contributed by atoms with Crippen molar-refractivity contribution in [1.82, 2.24) is 15.5 Å². The second-order valence-corrected chi connectivity index (χ2v) is 4.20. The van der Waals surface area contributed by atoms with Gasteiger partial charge < -0.3 is 15.5 Å². The maximum Gasteiger partial charge on any atom is 0.242 e. The molecule has 2 amide bonds. The van der Waals surface area contributed by atoms with E-state index in [0.29, 0.717) is 12.6 Å². The van der Waals surface area contributed by atoms with E-state index in [1.807, 2.05) is 0 Å². The molecule has 0 aromatic heterocycles. The Kier molecular flexibility index (Phi) is 3.20. The third-order valence-electron chi connectivity index (χ3n) is 2.98. The first kappa shape index (κ1) is 10.4. The lowest BCUT2D eigenvalue weighted by molar-refractivity contribution is -0.140. The molecule has 0 aliphatic carbocycles. The van der Waals surface area contributed by atoms with Crippen molar-refractivity contribution in [2.45, 2.75) is 25.3 Å². The van der Waals surface area contributed by atoms with Gasteiger partial charge in [-0.05, 0) is 19.4 Å². The smallest absolute Gasteiger partial charge is 0.242 e. The van der Waals surface area contributed by atoms with Crippen LogP contribution in [0.3, 0.4) is 0 Å². The van der Waals surface area contributed by atoms with Crippen molar-refractivity contribution in [3.05, 3.63) is 0 Å². The predicted octanol–water partition coefficient (Wildman–Crippen LogP) is -0.913. The third-order valence-corrected chi connectivity index (χ3v) is 2.98. The molecule has 2 aliphatic rings. The molecule has 0 aromatic rings. The fourth-order valence-corrected chi connectivity index (χ4v) is 2.12. The Balaban J connectivity index is 1.85. The standard InChI is InChI=1S/C10H17N3O2/c14-9-7-13(10(15)5-12-9)6-8-3-1-2-4-11-8/h8,11H,1-7H2,(H,12,14). The van der Waals surface area contributed by atoms with Crippen LogP contribution in [0.15, 0.2) is 0 Å². The molecule has 2 rings (SSSR count). The Morgan fingerprint density at radius 1 is 1.33 bits per heavy atom. The first-order valence-corrected chi connectivity index (χ1v) is 5.53. The summed E-state index contributed by atoms with van der Waals surface area (Å²) in [4.78, 5) is 24.3. The minimum atomic E-state index is -0.0505. The Morgan fingerprint density at radius 2 is 2.20 bits per heavy atom. The van der Waals surface area contributed by atoms with Crippen LogP contribution < -0.4 is 10.6 Å². The zero-order valence-electron chi connectivity index (χ0n) is 8.79. The van der Waals surface area contributed by atoms with Crippen LogP contribution in [0.2, 0.25) is 0 Å². The van der Waals surface area contributed by atoms with Crippen molar-refractivity contribution < 1.29 is 9.59 Å². The monoisotopic (exact) mass is 211 g/mol. The van der Waals surface area contributed by atoms with Gasteiger partial charge in [0.2, 0.25) is 11.8 Å². The third kappa shape index (κ3) is 2.68. The van der Waals surface area contributed by atoms with Gasteiger partial charge in [-0.3, -0.25) is 9.59 Å². The highest BCUT2D eigenvalue weighted by molar-refractivity contribution is 5.92. The summed E-state index contributed by atoms with van der Waals surface area (Å²) in [5.41, 5.74) is 0. The van der Waals surface area contributed by atoms with E-state index >= 15 is 0 Å². The minimum Gasteiger partial charge on any atom is -0.345 e. The maximum absolute atomic E-state index is 11.5. The van der Waals surface area contributed by atoms with E-state index < -0.39 is 0 Å². The topological polar surface area (TPSA) is 61.4 Å². The van der Waals surface area contributed by atoms with Crippen LogP contribution in [0, 0.1) is 0 Å². The second-order valence-electron chi connectivity index (χ2n) is 4.20. The molecular formula is C10H17N3O2. The summed E-state index contributed by atoms with van der Waals surface area (Å²) in [6, 6.07) is 0.369. The highest BCUT2D eigenvalue weighted by atomic mass is 16.2. The molecule has 2 heterocycles. The number of carbonyl (C=O) groups is 2. The summed E-state index contributed by atoms with van der Waals surface area (Å²) in [5.74, 6) is -0.0209. The van der Waals surface area contributed by atoms with Gasteiger partial charge in [0.05, 0.1) is 13.1 Å². The molecule has 1 unspecified atom stereocenters. The van der Waals surface area contributed by atoms with Crippen LogP contribution in [-0.2, 0) is 9.59 Å². The summed E-state index contributed by atoms with van der Waals surface area (Å²) >= 11 is 0. The van der Waals surface area contributed by atoms with Crippen LogP contribution in [-0.4, -0.2) is 48.9 Å². The Bertz CT molecular complexity index is 261. The molecule has 15 heavy (non-hydrogen) atoms. The molecule has 0 aromatic carbocycles. The number of nitrogens with one attached hydrogen (secondary N) is 2. The fraction of sp³-hybridized carbons (Fsp3) is 0.800. The number of hydrogen-bond donors (Lipinski definition) is 2. The molecule has 2 saturated heterocycles. The lowest BCUT2D eigenvalue weighted by atomic mass is 10.0. The van der Waals surface area contributed by atoms with Crippen LogP contribution in [0.25, 0.3) is 0 Å². The number of piperidine rings is 1. The van der Waals surface area contributed by atoms with E-state index in [0.717, 1.165) is 13.0 Å². The van der Waals surface area contributed by atoms with E-state index in [1.54, 1.807) is 4.90 Å². The van der Waals surface area contributed by atoms with Crippen molar-refractivity contribution >= 4 is 11.8 Å². The van der Waals surface area contributed by atoms with Gasteiger partial charge in [0.15, 0.2) is 0 Å². The fourth-order valence-electron chi connectivity index (χ4n) is 2.12. The van der Waals surface area contributed by atoms with Crippen LogP contribution in [0.5, 0.6) is 0 Å². The predicted molar refractivity (Wildman–Crippen MR) is 55.2 cm³/mol. The van der Waals surface area contributed by atoms with Crippen LogP contribution in [0.1, 0.15) is 19.3 Å². The van der Waals surface area contributed by atoms with Gasteiger partial charge in [-0.15, -0.1) is 0 Å². The van der Waals surface area contributed by atoms with E-state index in [-0.39, 0.29) is 24.9 Å². The summed E-state index contributed by atoms with van der Waals surface area (Å²) in [6.45, 7) is 2.08. The highest BCUT2D eigenvalue weighted by Gasteiger charge is 2.25. The molecule has 5 nitrogen and oxygen atoms in total. The molecular weight excluding hydrogens is 194 g/mol. The first-order chi connectivity index (χ1) is 7.25. The lowest BCUT2D eigenvalue weighted by Crippen LogP contribution is -2.55. The summed E-state index contributed by atoms with van der Waals surface area (Å²) < 4.78 is 0. The molecule has 84 valence electrons. The van der Waals surface area contributed by atoms with E-state index in [4.69, 9.17) is 0 Å². The molecule has 2 N–H and O–H groups in total. The zero-order chi connectivity index (χ0) is 10.7. The van der Waals surface area contributed by atoms with E-state index in [1.165, 1.54) is 12.8 Å². The van der Waals surface area contributed by atoms with Gasteiger partial charge in [-0.2, -0.15) is 0 Å². The van der Waals surface area contributed by atoms with Crippen LogP contribution in [0.4, 0.5) is 0 Å². The van der Waals surface area contributed by atoms with E-state index in [2.05, 4.69) is 10.6 Å². The molecule has 2 fully saturated rings. The number of rotatable bonds is 2. The Hall–Kier alpha value is -1.10. The van der Waals surface area contributed by atoms with Crippen molar-refractivity contribution in [3.8, 4) is 0 Å². The highest BCUT2D eigenvalue weighted by Crippen LogP contribution is 2.09. The summed E-state index contributed by atoms with van der Waals surface area (Å²) in [5, 5.41) is 5.92. The number of piperazine rings is 1. The van der Waals surface area contributed by atoms with Gasteiger partial charge >= 0.3 is 0 Å². The largest absolute Gasteiger partial charge is 0.345 e. The Labute approximate surface area is 89.2 Å². The Morgan fingerprint density at radius 3 is 2.93 bits per heavy atom. The average Bonchev–Trinajstić information content (AvgIpc) is 2.25. The number of hydrogen-bond acceptors (Lipinski definition) is 3. The number of carbonyl (C=O) groups excluding carboxylic acids is 2. The second kappa shape index (κ2) is 4.61. The number of amides is 2. The SMILES string of the molecule is O=C1CN(CC2CCCCN2)C(=O)CN1. The van der Waals surface area contributed by atoms with Crippen molar-refractivity contribution in [2.24, 2.45) is 0 Å². The molecule has 5 heteroatoms. The van der Waals surface area contributed by atoms with Crippen LogP contribution >= 0.6 is 0 Å². The van der Waals surface area contributed by atoms with Gasteiger partial charge in [-0.25, -0.2) is 0 Å². The van der Waals surface area contributed by atoms with Gasteiger partial charge in [-0.1, -0.05) is 6.42 Å². The molecule has 1 atom stereocenters. The maximum atomic E-state index is 11.5. The summed E-state index contributed by atoms with van der Waals surface area (Å²) in [6.07, 6.45) is 3.53. The van der Waals surface area contributed by atoms with Crippen molar-refractivity contribution in [2.75, 3.05) is 26.2 Å². The van der Waals surface area contributed by atoms with Crippen molar-refractivity contribution in [1.29, 1.82) is 0 Å².